The van der Waals surface area contributed by atoms with Crippen LogP contribution in [0, 0.1) is 5.92 Å². The maximum atomic E-state index is 12.9. The zero-order valence-corrected chi connectivity index (χ0v) is 18.1. The maximum Gasteiger partial charge on any atom is 0.321 e. The molecule has 2 aromatic carbocycles. The molecule has 1 aliphatic rings. The number of amides is 4. The molecule has 1 fully saturated rings. The molecule has 2 aromatic rings. The van der Waals surface area contributed by atoms with Crippen molar-refractivity contribution >= 4 is 29.2 Å². The van der Waals surface area contributed by atoms with Gasteiger partial charge in [-0.05, 0) is 43.0 Å². The van der Waals surface area contributed by atoms with Gasteiger partial charge in [-0.3, -0.25) is 9.59 Å². The van der Waals surface area contributed by atoms with Crippen molar-refractivity contribution in [1.29, 1.82) is 0 Å². The second-order valence-corrected chi connectivity index (χ2v) is 7.83. The summed E-state index contributed by atoms with van der Waals surface area (Å²) in [5.41, 5.74) is 2.55. The van der Waals surface area contributed by atoms with Crippen molar-refractivity contribution in [1.82, 2.24) is 9.80 Å². The van der Waals surface area contributed by atoms with E-state index in [0.29, 0.717) is 19.5 Å². The van der Waals surface area contributed by atoms with E-state index in [0.717, 1.165) is 29.8 Å². The summed E-state index contributed by atoms with van der Waals surface area (Å²) in [4.78, 5) is 41.1. The highest BCUT2D eigenvalue weighted by molar-refractivity contribution is 5.95. The van der Waals surface area contributed by atoms with E-state index in [9.17, 15) is 14.4 Å². The molecule has 1 aliphatic heterocycles. The summed E-state index contributed by atoms with van der Waals surface area (Å²) in [7, 11) is 1.64. The zero-order chi connectivity index (χ0) is 22.2. The number of likely N-dealkylation sites (N-methyl/N-ethyl adjacent to an activating group) is 1. The van der Waals surface area contributed by atoms with Gasteiger partial charge in [-0.2, -0.15) is 0 Å². The van der Waals surface area contributed by atoms with Crippen LogP contribution in [0.15, 0.2) is 54.6 Å². The number of carbonyl (C=O) groups is 3. The smallest absolute Gasteiger partial charge is 0.321 e. The number of hydrogen-bond donors (Lipinski definition) is 2. The second kappa shape index (κ2) is 10.6. The molecule has 0 aliphatic carbocycles. The van der Waals surface area contributed by atoms with Crippen LogP contribution in [-0.2, 0) is 16.0 Å². The van der Waals surface area contributed by atoms with Crippen molar-refractivity contribution in [2.75, 3.05) is 37.3 Å². The predicted octanol–water partition coefficient (Wildman–Crippen LogP) is 3.59. The topological polar surface area (TPSA) is 81.8 Å². The molecule has 0 unspecified atom stereocenters. The van der Waals surface area contributed by atoms with Crippen molar-refractivity contribution in [2.45, 2.75) is 26.2 Å². The molecular formula is C24H30N4O3. The van der Waals surface area contributed by atoms with E-state index in [2.05, 4.69) is 10.6 Å². The lowest BCUT2D eigenvalue weighted by Gasteiger charge is -2.33. The molecule has 1 saturated heterocycles. The second-order valence-electron chi connectivity index (χ2n) is 7.83. The number of carbonyl (C=O) groups excluding carboxylic acids is 3. The lowest BCUT2D eigenvalue weighted by atomic mass is 9.97. The number of para-hydroxylation sites is 2. The largest absolute Gasteiger partial charge is 0.336 e. The molecule has 0 bridgehead atoms. The number of piperidine rings is 1. The van der Waals surface area contributed by atoms with Crippen LogP contribution in [-0.4, -0.2) is 54.3 Å². The molecule has 4 amide bonds. The van der Waals surface area contributed by atoms with Crippen LogP contribution in [0.3, 0.4) is 0 Å². The molecule has 1 heterocycles. The van der Waals surface area contributed by atoms with Crippen molar-refractivity contribution in [2.24, 2.45) is 5.92 Å². The first-order chi connectivity index (χ1) is 15.0. The van der Waals surface area contributed by atoms with Crippen molar-refractivity contribution in [3.05, 3.63) is 60.2 Å². The van der Waals surface area contributed by atoms with E-state index in [4.69, 9.17) is 0 Å². The summed E-state index contributed by atoms with van der Waals surface area (Å²) < 4.78 is 0. The van der Waals surface area contributed by atoms with Gasteiger partial charge in [0, 0.05) is 31.5 Å². The molecule has 0 spiro atoms. The third kappa shape index (κ3) is 6.07. The van der Waals surface area contributed by atoms with E-state index in [1.165, 1.54) is 4.90 Å². The van der Waals surface area contributed by atoms with Crippen LogP contribution in [0.2, 0.25) is 0 Å². The van der Waals surface area contributed by atoms with Gasteiger partial charge in [-0.1, -0.05) is 43.3 Å². The van der Waals surface area contributed by atoms with Crippen molar-refractivity contribution in [3.8, 4) is 0 Å². The van der Waals surface area contributed by atoms with Gasteiger partial charge in [-0.15, -0.1) is 0 Å². The first-order valence-corrected chi connectivity index (χ1v) is 10.7. The molecule has 7 nitrogen and oxygen atoms in total. The molecule has 0 radical (unpaired) electrons. The Labute approximate surface area is 183 Å². The zero-order valence-electron chi connectivity index (χ0n) is 18.1. The van der Waals surface area contributed by atoms with Crippen LogP contribution in [0.4, 0.5) is 16.2 Å². The third-order valence-corrected chi connectivity index (χ3v) is 5.51. The molecule has 1 atom stereocenters. The lowest BCUT2D eigenvalue weighted by molar-refractivity contribution is -0.138. The highest BCUT2D eigenvalue weighted by atomic mass is 16.2. The van der Waals surface area contributed by atoms with Gasteiger partial charge >= 0.3 is 6.03 Å². The Hall–Kier alpha value is -3.35. The summed E-state index contributed by atoms with van der Waals surface area (Å²) in [5, 5.41) is 5.77. The van der Waals surface area contributed by atoms with Gasteiger partial charge in [0.2, 0.25) is 11.8 Å². The number of aryl methyl sites for hydroxylation is 1. The molecule has 164 valence electrons. The Kier molecular flexibility index (Phi) is 7.65. The molecule has 0 aromatic heterocycles. The minimum absolute atomic E-state index is 0.0242. The highest BCUT2D eigenvalue weighted by Gasteiger charge is 2.30. The van der Waals surface area contributed by atoms with Gasteiger partial charge in [0.1, 0.15) is 0 Å². The Balaban J connectivity index is 1.53. The van der Waals surface area contributed by atoms with Crippen LogP contribution < -0.4 is 10.6 Å². The number of urea groups is 1. The number of nitrogens with one attached hydrogen (secondary N) is 2. The average Bonchev–Trinajstić information content (AvgIpc) is 2.79. The molecule has 31 heavy (non-hydrogen) atoms. The molecule has 2 N–H and O–H groups in total. The van der Waals surface area contributed by atoms with Gasteiger partial charge in [-0.25, -0.2) is 4.79 Å². The standard InChI is InChI=1S/C24H30N4O3/c1-3-18-10-7-8-14-21(18)26-22(29)17-27(2)23(30)19-11-9-15-28(16-19)24(31)25-20-12-5-4-6-13-20/h4-8,10,12-14,19H,3,9,11,15-17H2,1-2H3,(H,25,31)(H,26,29)/t19-/m1/s1. The average molecular weight is 423 g/mol. The highest BCUT2D eigenvalue weighted by Crippen LogP contribution is 2.20. The summed E-state index contributed by atoms with van der Waals surface area (Å²) in [5.74, 6) is -0.654. The fraction of sp³-hybridized carbons (Fsp3) is 0.375. The predicted molar refractivity (Wildman–Crippen MR) is 122 cm³/mol. The minimum Gasteiger partial charge on any atom is -0.336 e. The quantitative estimate of drug-likeness (QED) is 0.746. The van der Waals surface area contributed by atoms with Gasteiger partial charge in [0.25, 0.3) is 0 Å². The van der Waals surface area contributed by atoms with E-state index >= 15 is 0 Å². The summed E-state index contributed by atoms with van der Waals surface area (Å²) >= 11 is 0. The monoisotopic (exact) mass is 422 g/mol. The van der Waals surface area contributed by atoms with Gasteiger partial charge in [0.15, 0.2) is 0 Å². The van der Waals surface area contributed by atoms with E-state index < -0.39 is 0 Å². The number of hydrogen-bond acceptors (Lipinski definition) is 3. The Morgan fingerprint density at radius 3 is 2.48 bits per heavy atom. The fourth-order valence-corrected chi connectivity index (χ4v) is 3.83. The fourth-order valence-electron chi connectivity index (χ4n) is 3.83. The molecule has 3 rings (SSSR count). The summed E-state index contributed by atoms with van der Waals surface area (Å²) in [6.45, 7) is 2.97. The van der Waals surface area contributed by atoms with Crippen LogP contribution >= 0.6 is 0 Å². The number of benzene rings is 2. The van der Waals surface area contributed by atoms with Crippen molar-refractivity contribution in [3.63, 3.8) is 0 Å². The first-order valence-electron chi connectivity index (χ1n) is 10.7. The van der Waals surface area contributed by atoms with Gasteiger partial charge in [0.05, 0.1) is 12.5 Å². The van der Waals surface area contributed by atoms with Crippen molar-refractivity contribution < 1.29 is 14.4 Å². The number of likely N-dealkylation sites (tertiary alicyclic amines) is 1. The molecule has 0 saturated carbocycles. The van der Waals surface area contributed by atoms with Crippen LogP contribution in [0.25, 0.3) is 0 Å². The Bertz CT molecular complexity index is 916. The number of nitrogens with zero attached hydrogens (tertiary/aromatic N) is 2. The Morgan fingerprint density at radius 2 is 1.74 bits per heavy atom. The maximum absolute atomic E-state index is 12.9. The summed E-state index contributed by atoms with van der Waals surface area (Å²) in [6, 6.07) is 16.7. The first kappa shape index (κ1) is 22.3. The molecular weight excluding hydrogens is 392 g/mol. The van der Waals surface area contributed by atoms with Crippen LogP contribution in [0.5, 0.6) is 0 Å². The third-order valence-electron chi connectivity index (χ3n) is 5.51. The SMILES string of the molecule is CCc1ccccc1NC(=O)CN(C)C(=O)[C@@H]1CCCN(C(=O)Nc2ccccc2)C1. The van der Waals surface area contributed by atoms with Crippen LogP contribution in [0.1, 0.15) is 25.3 Å². The van der Waals surface area contributed by atoms with Gasteiger partial charge < -0.3 is 20.4 Å². The Morgan fingerprint density at radius 1 is 1.03 bits per heavy atom. The number of rotatable bonds is 6. The van der Waals surface area contributed by atoms with E-state index in [1.54, 1.807) is 11.9 Å². The molecule has 7 heteroatoms. The number of anilines is 2. The van der Waals surface area contributed by atoms with E-state index in [-0.39, 0.29) is 30.3 Å². The lowest BCUT2D eigenvalue weighted by Crippen LogP contribution is -2.48. The normalized spacial score (nSPS) is 15.8. The van der Waals surface area contributed by atoms with E-state index in [1.807, 2.05) is 61.5 Å². The minimum atomic E-state index is -0.309. The summed E-state index contributed by atoms with van der Waals surface area (Å²) in [6.07, 6.45) is 2.27.